The summed E-state index contributed by atoms with van der Waals surface area (Å²) >= 11 is 0. The molecular weight excluding hydrogens is 547 g/mol. The molecule has 0 spiro atoms. The Morgan fingerprint density at radius 1 is 1.00 bits per heavy atom. The van der Waals surface area contributed by atoms with Crippen LogP contribution in [0, 0.1) is 23.0 Å². The molecule has 0 aliphatic rings. The van der Waals surface area contributed by atoms with Crippen LogP contribution in [0.25, 0.3) is 33.6 Å². The van der Waals surface area contributed by atoms with E-state index in [1.54, 1.807) is 0 Å². The fourth-order valence-corrected chi connectivity index (χ4v) is 4.16. The predicted molar refractivity (Wildman–Crippen MR) is 140 cm³/mol. The number of fused-ring (bicyclic) bond motifs is 1. The van der Waals surface area contributed by atoms with E-state index in [0.29, 0.717) is 5.56 Å². The lowest BCUT2D eigenvalue weighted by Crippen LogP contribution is -2.42. The second kappa shape index (κ2) is 11.0. The van der Waals surface area contributed by atoms with Crippen molar-refractivity contribution in [3.8, 4) is 28.5 Å². The SMILES string of the molecule is CNC(=O)c1c(-c2ccc(F)cc2)oc2nc(CCC(F)(F)F)c(-c3cc(C(=O)NC(C)(C)C#N)ccc3F)cc12. The molecule has 0 unspecified atom stereocenters. The Morgan fingerprint density at radius 2 is 1.68 bits per heavy atom. The van der Waals surface area contributed by atoms with Gasteiger partial charge in [0, 0.05) is 35.7 Å². The predicted octanol–water partition coefficient (Wildman–Crippen LogP) is 6.33. The zero-order valence-corrected chi connectivity index (χ0v) is 22.0. The lowest BCUT2D eigenvalue weighted by molar-refractivity contribution is -0.134. The summed E-state index contributed by atoms with van der Waals surface area (Å²) in [5, 5.41) is 14.2. The summed E-state index contributed by atoms with van der Waals surface area (Å²) < 4.78 is 74.2. The summed E-state index contributed by atoms with van der Waals surface area (Å²) in [6.45, 7) is 2.92. The van der Waals surface area contributed by atoms with Crippen molar-refractivity contribution in [1.29, 1.82) is 5.26 Å². The summed E-state index contributed by atoms with van der Waals surface area (Å²) in [6, 6.07) is 11.5. The average Bonchev–Trinajstić information content (AvgIpc) is 3.29. The molecule has 212 valence electrons. The molecule has 0 saturated carbocycles. The quantitative estimate of drug-likeness (QED) is 0.253. The van der Waals surface area contributed by atoms with Crippen molar-refractivity contribution in [2.75, 3.05) is 7.05 Å². The number of nitriles is 1. The van der Waals surface area contributed by atoms with E-state index in [9.17, 15) is 32.4 Å². The van der Waals surface area contributed by atoms with Crippen molar-refractivity contribution in [3.05, 3.63) is 77.0 Å². The smallest absolute Gasteiger partial charge is 0.389 e. The molecule has 2 N–H and O–H groups in total. The van der Waals surface area contributed by atoms with E-state index >= 15 is 4.39 Å². The molecule has 0 bridgehead atoms. The number of nitrogens with zero attached hydrogens (tertiary/aromatic N) is 2. The van der Waals surface area contributed by atoms with Gasteiger partial charge in [-0.25, -0.2) is 13.8 Å². The van der Waals surface area contributed by atoms with E-state index in [2.05, 4.69) is 15.6 Å². The Balaban J connectivity index is 1.97. The zero-order chi connectivity index (χ0) is 30.1. The van der Waals surface area contributed by atoms with Crippen molar-refractivity contribution in [2.45, 2.75) is 38.4 Å². The summed E-state index contributed by atoms with van der Waals surface area (Å²) in [6.07, 6.45) is -6.51. The number of nitrogens with one attached hydrogen (secondary N) is 2. The minimum absolute atomic E-state index is 0.0156. The van der Waals surface area contributed by atoms with Crippen LogP contribution in [-0.4, -0.2) is 35.6 Å². The number of aryl methyl sites for hydroxylation is 1. The Hall–Kier alpha value is -4.79. The molecule has 2 aromatic carbocycles. The number of halogens is 5. The van der Waals surface area contributed by atoms with Gasteiger partial charge >= 0.3 is 6.18 Å². The fourth-order valence-electron chi connectivity index (χ4n) is 4.16. The van der Waals surface area contributed by atoms with E-state index in [-0.39, 0.29) is 44.8 Å². The molecule has 0 radical (unpaired) electrons. The second-order valence-corrected chi connectivity index (χ2v) is 9.73. The third-order valence-corrected chi connectivity index (χ3v) is 6.19. The fraction of sp³-hybridized carbons (Fsp3) is 0.241. The molecule has 41 heavy (non-hydrogen) atoms. The molecule has 2 heterocycles. The number of aromatic nitrogens is 1. The highest BCUT2D eigenvalue weighted by Gasteiger charge is 2.30. The van der Waals surface area contributed by atoms with E-state index < -0.39 is 48.0 Å². The standard InChI is InChI=1S/C29H23F5N4O3/c1-28(2,14-35)38-25(39)16-6-9-21(31)18(12-16)19-13-20-23(26(40)36-3)24(15-4-7-17(30)8-5-15)41-27(20)37-22(19)10-11-29(32,33)34/h4-9,12-13H,10-11H2,1-3H3,(H,36,40)(H,38,39). The van der Waals surface area contributed by atoms with Gasteiger partial charge < -0.3 is 15.1 Å². The summed E-state index contributed by atoms with van der Waals surface area (Å²) in [5.74, 6) is -2.76. The third kappa shape index (κ3) is 6.35. The van der Waals surface area contributed by atoms with Gasteiger partial charge in [-0.3, -0.25) is 9.59 Å². The minimum atomic E-state index is -4.56. The first-order valence-electron chi connectivity index (χ1n) is 12.3. The minimum Gasteiger partial charge on any atom is -0.437 e. The van der Waals surface area contributed by atoms with Crippen LogP contribution in [0.2, 0.25) is 0 Å². The molecule has 0 atom stereocenters. The zero-order valence-electron chi connectivity index (χ0n) is 22.0. The average molecular weight is 571 g/mol. The van der Waals surface area contributed by atoms with Crippen LogP contribution in [0.1, 0.15) is 46.7 Å². The van der Waals surface area contributed by atoms with Crippen molar-refractivity contribution >= 4 is 22.9 Å². The first-order valence-corrected chi connectivity index (χ1v) is 12.3. The maximum Gasteiger partial charge on any atom is 0.389 e. The summed E-state index contributed by atoms with van der Waals surface area (Å²) in [5.41, 5.74) is -1.77. The van der Waals surface area contributed by atoms with Crippen molar-refractivity contribution in [3.63, 3.8) is 0 Å². The van der Waals surface area contributed by atoms with E-state index in [1.807, 2.05) is 6.07 Å². The van der Waals surface area contributed by atoms with Gasteiger partial charge in [-0.1, -0.05) is 0 Å². The van der Waals surface area contributed by atoms with Gasteiger partial charge in [0.05, 0.1) is 22.7 Å². The summed E-state index contributed by atoms with van der Waals surface area (Å²) in [7, 11) is 1.35. The van der Waals surface area contributed by atoms with Gasteiger partial charge in [0.25, 0.3) is 11.8 Å². The van der Waals surface area contributed by atoms with Crippen molar-refractivity contribution in [1.82, 2.24) is 15.6 Å². The largest absolute Gasteiger partial charge is 0.437 e. The molecule has 2 aromatic heterocycles. The van der Waals surface area contributed by atoms with Crippen LogP contribution < -0.4 is 10.6 Å². The molecule has 4 rings (SSSR count). The second-order valence-electron chi connectivity index (χ2n) is 9.73. The number of pyridine rings is 1. The molecule has 0 aliphatic carbocycles. The van der Waals surface area contributed by atoms with Crippen molar-refractivity contribution < 1.29 is 36.0 Å². The monoisotopic (exact) mass is 570 g/mol. The maximum absolute atomic E-state index is 15.2. The highest BCUT2D eigenvalue weighted by Crippen LogP contribution is 2.38. The summed E-state index contributed by atoms with van der Waals surface area (Å²) in [4.78, 5) is 30.0. The molecule has 2 amide bonds. The Kier molecular flexibility index (Phi) is 7.83. The van der Waals surface area contributed by atoms with Gasteiger partial charge in [-0.05, 0) is 68.8 Å². The number of hydrogen-bond acceptors (Lipinski definition) is 5. The lowest BCUT2D eigenvalue weighted by Gasteiger charge is -2.18. The highest BCUT2D eigenvalue weighted by atomic mass is 19.4. The molecule has 12 heteroatoms. The number of amides is 2. The van der Waals surface area contributed by atoms with Gasteiger partial charge in [0.2, 0.25) is 5.71 Å². The number of hydrogen-bond donors (Lipinski definition) is 2. The van der Waals surface area contributed by atoms with Crippen LogP contribution >= 0.6 is 0 Å². The first kappa shape index (κ1) is 29.2. The Labute approximate surface area is 231 Å². The first-order chi connectivity index (χ1) is 19.2. The molecule has 0 aliphatic heterocycles. The van der Waals surface area contributed by atoms with E-state index in [0.717, 1.165) is 24.3 Å². The molecule has 0 fully saturated rings. The van der Waals surface area contributed by atoms with Crippen LogP contribution in [0.4, 0.5) is 22.0 Å². The maximum atomic E-state index is 15.2. The van der Waals surface area contributed by atoms with Gasteiger partial charge in [-0.2, -0.15) is 18.4 Å². The van der Waals surface area contributed by atoms with Crippen LogP contribution in [0.15, 0.2) is 52.9 Å². The van der Waals surface area contributed by atoms with E-state index in [4.69, 9.17) is 4.42 Å². The Morgan fingerprint density at radius 3 is 2.29 bits per heavy atom. The number of rotatable bonds is 7. The molecule has 0 saturated heterocycles. The van der Waals surface area contributed by atoms with Crippen LogP contribution in [0.5, 0.6) is 0 Å². The number of furan rings is 1. The van der Waals surface area contributed by atoms with Crippen LogP contribution in [-0.2, 0) is 6.42 Å². The van der Waals surface area contributed by atoms with Gasteiger partial charge in [0.1, 0.15) is 22.9 Å². The van der Waals surface area contributed by atoms with Gasteiger partial charge in [-0.15, -0.1) is 0 Å². The number of alkyl halides is 3. The highest BCUT2D eigenvalue weighted by molar-refractivity contribution is 6.11. The Bertz CT molecular complexity index is 1690. The number of carbonyl (C=O) groups is 2. The third-order valence-electron chi connectivity index (χ3n) is 6.19. The molecule has 4 aromatic rings. The van der Waals surface area contributed by atoms with Crippen molar-refractivity contribution in [2.24, 2.45) is 0 Å². The normalized spacial score (nSPS) is 11.8. The molecule has 7 nitrogen and oxygen atoms in total. The number of carbonyl (C=O) groups excluding carboxylic acids is 2. The van der Waals surface area contributed by atoms with Gasteiger partial charge in [0.15, 0.2) is 0 Å². The number of benzene rings is 2. The van der Waals surface area contributed by atoms with E-state index in [1.165, 1.54) is 45.2 Å². The lowest BCUT2D eigenvalue weighted by atomic mass is 9.96. The topological polar surface area (TPSA) is 108 Å². The molecular formula is C29H23F5N4O3. The van der Waals surface area contributed by atoms with Crippen LogP contribution in [0.3, 0.4) is 0 Å².